The van der Waals surface area contributed by atoms with E-state index in [1.807, 2.05) is 0 Å². The molecule has 1 aliphatic rings. The van der Waals surface area contributed by atoms with Crippen LogP contribution in [0, 0.1) is 0 Å². The van der Waals surface area contributed by atoms with Gasteiger partial charge in [0.25, 0.3) is 0 Å². The van der Waals surface area contributed by atoms with E-state index < -0.39 is 5.54 Å². The van der Waals surface area contributed by atoms with Crippen LogP contribution in [0.15, 0.2) is 0 Å². The highest BCUT2D eigenvalue weighted by molar-refractivity contribution is 5.88. The molecule has 0 aromatic carbocycles. The van der Waals surface area contributed by atoms with E-state index in [1.165, 1.54) is 0 Å². The monoisotopic (exact) mass is 182 g/mol. The van der Waals surface area contributed by atoms with Crippen molar-refractivity contribution in [3.8, 4) is 0 Å². The molecule has 1 heterocycles. The summed E-state index contributed by atoms with van der Waals surface area (Å²) in [5, 5.41) is 15.7. The highest BCUT2D eigenvalue weighted by Gasteiger charge is 2.45. The minimum Gasteiger partial charge on any atom is -0.347 e. The molecule has 4 N–H and O–H groups in total. The molecule has 7 nitrogen and oxygen atoms in total. The molecule has 1 aromatic rings. The lowest BCUT2D eigenvalue weighted by Crippen LogP contribution is -2.42. The SMILES string of the molecule is NC1(C(=O)NCc2nn[nH]n2)CC1. The number of aromatic nitrogens is 4. The van der Waals surface area contributed by atoms with E-state index in [2.05, 4.69) is 25.9 Å². The Kier molecular flexibility index (Phi) is 1.73. The number of tetrazole rings is 1. The van der Waals surface area contributed by atoms with Crippen molar-refractivity contribution in [3.05, 3.63) is 5.82 Å². The van der Waals surface area contributed by atoms with Crippen molar-refractivity contribution in [2.45, 2.75) is 24.9 Å². The second-order valence-electron chi connectivity index (χ2n) is 3.17. The van der Waals surface area contributed by atoms with Crippen molar-refractivity contribution in [2.24, 2.45) is 5.73 Å². The normalized spacial score (nSPS) is 18.2. The van der Waals surface area contributed by atoms with Crippen molar-refractivity contribution in [3.63, 3.8) is 0 Å². The number of rotatable bonds is 3. The largest absolute Gasteiger partial charge is 0.347 e. The highest BCUT2D eigenvalue weighted by Crippen LogP contribution is 2.31. The average Bonchev–Trinajstić information content (AvgIpc) is 2.70. The molecule has 0 saturated heterocycles. The summed E-state index contributed by atoms with van der Waals surface area (Å²) in [6.45, 7) is 0.272. The summed E-state index contributed by atoms with van der Waals surface area (Å²) in [4.78, 5) is 11.3. The van der Waals surface area contributed by atoms with E-state index in [0.717, 1.165) is 12.8 Å². The number of amides is 1. The van der Waals surface area contributed by atoms with Gasteiger partial charge < -0.3 is 11.1 Å². The Balaban J connectivity index is 1.83. The minimum atomic E-state index is -0.635. The first-order chi connectivity index (χ1) is 6.21. The van der Waals surface area contributed by atoms with Crippen LogP contribution in [0.5, 0.6) is 0 Å². The van der Waals surface area contributed by atoms with Crippen molar-refractivity contribution in [1.29, 1.82) is 0 Å². The van der Waals surface area contributed by atoms with Gasteiger partial charge in [-0.15, -0.1) is 10.2 Å². The summed E-state index contributed by atoms with van der Waals surface area (Å²) in [6.07, 6.45) is 1.51. The van der Waals surface area contributed by atoms with Crippen LogP contribution in [0.4, 0.5) is 0 Å². The molecular formula is C6H10N6O. The number of hydrogen-bond donors (Lipinski definition) is 3. The van der Waals surface area contributed by atoms with Gasteiger partial charge in [-0.2, -0.15) is 5.21 Å². The van der Waals surface area contributed by atoms with E-state index >= 15 is 0 Å². The minimum absolute atomic E-state index is 0.141. The zero-order valence-electron chi connectivity index (χ0n) is 6.95. The number of aromatic amines is 1. The first-order valence-electron chi connectivity index (χ1n) is 4.00. The third kappa shape index (κ3) is 1.64. The summed E-state index contributed by atoms with van der Waals surface area (Å²) in [6, 6.07) is 0. The maximum atomic E-state index is 11.3. The van der Waals surface area contributed by atoms with Crippen LogP contribution < -0.4 is 11.1 Å². The van der Waals surface area contributed by atoms with E-state index in [9.17, 15) is 4.79 Å². The van der Waals surface area contributed by atoms with Gasteiger partial charge in [-0.05, 0) is 12.8 Å². The number of carbonyl (C=O) groups is 1. The van der Waals surface area contributed by atoms with Crippen LogP contribution in [0.1, 0.15) is 18.7 Å². The standard InChI is InChI=1S/C6H10N6O/c7-6(1-2-6)5(13)8-3-4-9-11-12-10-4/h1-3,7H2,(H,8,13)(H,9,10,11,12). The Morgan fingerprint density at radius 2 is 2.46 bits per heavy atom. The van der Waals surface area contributed by atoms with E-state index in [-0.39, 0.29) is 12.5 Å². The van der Waals surface area contributed by atoms with Crippen molar-refractivity contribution < 1.29 is 4.79 Å². The lowest BCUT2D eigenvalue weighted by atomic mass is 10.3. The topological polar surface area (TPSA) is 110 Å². The Bertz CT molecular complexity index is 303. The molecule has 0 atom stereocenters. The molecule has 70 valence electrons. The molecule has 1 aromatic heterocycles. The molecule has 13 heavy (non-hydrogen) atoms. The number of nitrogens with two attached hydrogens (primary N) is 1. The van der Waals surface area contributed by atoms with Gasteiger partial charge in [-0.25, -0.2) is 0 Å². The number of nitrogens with one attached hydrogen (secondary N) is 2. The fourth-order valence-electron chi connectivity index (χ4n) is 0.954. The molecule has 1 fully saturated rings. The number of nitrogens with zero attached hydrogens (tertiary/aromatic N) is 3. The Hall–Kier alpha value is -1.50. The van der Waals surface area contributed by atoms with E-state index in [1.54, 1.807) is 0 Å². The Morgan fingerprint density at radius 3 is 3.00 bits per heavy atom. The molecule has 1 saturated carbocycles. The van der Waals surface area contributed by atoms with Crippen molar-refractivity contribution in [2.75, 3.05) is 0 Å². The molecular weight excluding hydrogens is 172 g/mol. The van der Waals surface area contributed by atoms with Gasteiger partial charge >= 0.3 is 0 Å². The molecule has 0 spiro atoms. The Labute approximate surface area is 74.1 Å². The van der Waals surface area contributed by atoms with E-state index in [4.69, 9.17) is 5.73 Å². The smallest absolute Gasteiger partial charge is 0.240 e. The first kappa shape index (κ1) is 8.11. The molecule has 1 aliphatic carbocycles. The number of H-pyrrole nitrogens is 1. The molecule has 2 rings (SSSR count). The zero-order valence-corrected chi connectivity index (χ0v) is 6.95. The van der Waals surface area contributed by atoms with Gasteiger partial charge in [-0.3, -0.25) is 4.79 Å². The van der Waals surface area contributed by atoms with Crippen molar-refractivity contribution >= 4 is 5.91 Å². The van der Waals surface area contributed by atoms with Crippen molar-refractivity contribution in [1.82, 2.24) is 25.9 Å². The lowest BCUT2D eigenvalue weighted by Gasteiger charge is -2.07. The summed E-state index contributed by atoms with van der Waals surface area (Å²) in [5.74, 6) is 0.315. The number of hydrogen-bond acceptors (Lipinski definition) is 5. The van der Waals surface area contributed by atoms with Gasteiger partial charge in [0, 0.05) is 0 Å². The second-order valence-corrected chi connectivity index (χ2v) is 3.17. The van der Waals surface area contributed by atoms with Crippen LogP contribution in [0.25, 0.3) is 0 Å². The molecule has 0 radical (unpaired) electrons. The first-order valence-corrected chi connectivity index (χ1v) is 4.00. The van der Waals surface area contributed by atoms with Crippen LogP contribution in [-0.4, -0.2) is 32.1 Å². The van der Waals surface area contributed by atoms with Gasteiger partial charge in [0.05, 0.1) is 12.1 Å². The summed E-state index contributed by atoms with van der Waals surface area (Å²) in [5.41, 5.74) is 5.02. The number of carbonyl (C=O) groups excluding carboxylic acids is 1. The third-order valence-electron chi connectivity index (χ3n) is 2.04. The van der Waals surface area contributed by atoms with Gasteiger partial charge in [0.15, 0.2) is 5.82 Å². The lowest BCUT2D eigenvalue weighted by molar-refractivity contribution is -0.123. The fourth-order valence-corrected chi connectivity index (χ4v) is 0.954. The van der Waals surface area contributed by atoms with Gasteiger partial charge in [0.2, 0.25) is 5.91 Å². The van der Waals surface area contributed by atoms with Crippen LogP contribution in [-0.2, 0) is 11.3 Å². The van der Waals surface area contributed by atoms with Crippen LogP contribution in [0.3, 0.4) is 0 Å². The Morgan fingerprint density at radius 1 is 1.69 bits per heavy atom. The maximum absolute atomic E-state index is 11.3. The average molecular weight is 182 g/mol. The molecule has 7 heteroatoms. The molecule has 0 bridgehead atoms. The summed E-state index contributed by atoms with van der Waals surface area (Å²) in [7, 11) is 0. The van der Waals surface area contributed by atoms with E-state index in [0.29, 0.717) is 5.82 Å². The third-order valence-corrected chi connectivity index (χ3v) is 2.04. The summed E-state index contributed by atoms with van der Waals surface area (Å²) >= 11 is 0. The summed E-state index contributed by atoms with van der Waals surface area (Å²) < 4.78 is 0. The highest BCUT2D eigenvalue weighted by atomic mass is 16.2. The van der Waals surface area contributed by atoms with Crippen LogP contribution >= 0.6 is 0 Å². The van der Waals surface area contributed by atoms with Crippen LogP contribution in [0.2, 0.25) is 0 Å². The van der Waals surface area contributed by atoms with Gasteiger partial charge in [-0.1, -0.05) is 5.21 Å². The maximum Gasteiger partial charge on any atom is 0.240 e. The predicted molar refractivity (Wildman–Crippen MR) is 42.2 cm³/mol. The second kappa shape index (κ2) is 2.77. The quantitative estimate of drug-likeness (QED) is 0.516. The predicted octanol–water partition coefficient (Wildman–Crippen LogP) is -1.69. The molecule has 0 aliphatic heterocycles. The molecule has 1 amide bonds. The van der Waals surface area contributed by atoms with Gasteiger partial charge in [0.1, 0.15) is 0 Å². The zero-order chi connectivity index (χ0) is 9.31. The fraction of sp³-hybridized carbons (Fsp3) is 0.667. The molecule has 0 unspecified atom stereocenters.